The number of para-hydroxylation sites is 1. The summed E-state index contributed by atoms with van der Waals surface area (Å²) < 4.78 is 0. The van der Waals surface area contributed by atoms with Gasteiger partial charge >= 0.3 is 0 Å². The lowest BCUT2D eigenvalue weighted by atomic mass is 9.90. The smallest absolute Gasteiger partial charge is 0.0960 e. The number of H-pyrrole nitrogens is 1. The first-order valence-electron chi connectivity index (χ1n) is 11.2. The molecule has 1 aromatic heterocycles. The Morgan fingerprint density at radius 3 is 1.85 bits per heavy atom. The first-order valence-corrected chi connectivity index (χ1v) is 11.2. The normalized spacial score (nSPS) is 11.6. The number of rotatable bonds is 2. The van der Waals surface area contributed by atoms with Gasteiger partial charge in [-0.1, -0.05) is 91.0 Å². The van der Waals surface area contributed by atoms with E-state index >= 15 is 0 Å². The van der Waals surface area contributed by atoms with E-state index < -0.39 is 0 Å². The molecule has 6 aromatic carbocycles. The van der Waals surface area contributed by atoms with Gasteiger partial charge < -0.3 is 4.98 Å². The van der Waals surface area contributed by atoms with Crippen LogP contribution in [-0.4, -0.2) is 9.97 Å². The third-order valence-corrected chi connectivity index (χ3v) is 6.70. The zero-order valence-corrected chi connectivity index (χ0v) is 17.9. The van der Waals surface area contributed by atoms with Gasteiger partial charge in [-0.2, -0.15) is 0 Å². The van der Waals surface area contributed by atoms with Crippen LogP contribution in [-0.2, 0) is 0 Å². The Morgan fingerprint density at radius 1 is 0.455 bits per heavy atom. The summed E-state index contributed by atoms with van der Waals surface area (Å²) in [6.45, 7) is 0. The van der Waals surface area contributed by atoms with Crippen molar-refractivity contribution in [2.45, 2.75) is 0 Å². The quantitative estimate of drug-likeness (QED) is 0.280. The minimum atomic E-state index is 1.01. The van der Waals surface area contributed by atoms with Gasteiger partial charge in [-0.15, -0.1) is 0 Å². The Kier molecular flexibility index (Phi) is 3.88. The molecule has 1 heterocycles. The summed E-state index contributed by atoms with van der Waals surface area (Å²) in [4.78, 5) is 7.80. The molecule has 0 spiro atoms. The summed E-state index contributed by atoms with van der Waals surface area (Å²) in [5.41, 5.74) is 6.89. The maximum Gasteiger partial charge on any atom is 0.0960 e. The second kappa shape index (κ2) is 7.04. The zero-order valence-electron chi connectivity index (χ0n) is 17.9. The lowest BCUT2D eigenvalue weighted by molar-refractivity contribution is 1.34. The predicted molar refractivity (Wildman–Crippen MR) is 139 cm³/mol. The van der Waals surface area contributed by atoms with Crippen LogP contribution < -0.4 is 0 Å². The van der Waals surface area contributed by atoms with E-state index in [9.17, 15) is 0 Å². The Morgan fingerprint density at radius 2 is 1.09 bits per heavy atom. The highest BCUT2D eigenvalue weighted by molar-refractivity contribution is 6.26. The largest absolute Gasteiger partial charge is 0.345 e. The van der Waals surface area contributed by atoms with Crippen LogP contribution in [0.25, 0.3) is 65.6 Å². The van der Waals surface area contributed by atoms with Crippen LogP contribution >= 0.6 is 0 Å². The zero-order chi connectivity index (χ0) is 21.8. The van der Waals surface area contributed by atoms with Crippen molar-refractivity contribution in [2.24, 2.45) is 0 Å². The average molecular weight is 421 g/mol. The van der Waals surface area contributed by atoms with Crippen molar-refractivity contribution in [1.82, 2.24) is 9.97 Å². The highest BCUT2D eigenvalue weighted by Crippen LogP contribution is 2.39. The second-order valence-electron chi connectivity index (χ2n) is 8.54. The number of nitrogens with one attached hydrogen (secondary N) is 1. The predicted octanol–water partition coefficient (Wildman–Crippen LogP) is 8.36. The molecule has 2 nitrogen and oxygen atoms in total. The van der Waals surface area contributed by atoms with E-state index in [0.717, 1.165) is 16.6 Å². The lowest BCUT2D eigenvalue weighted by Gasteiger charge is -2.13. The Bertz CT molecular complexity index is 1790. The second-order valence-corrected chi connectivity index (χ2v) is 8.54. The molecule has 0 bridgehead atoms. The molecule has 0 aliphatic carbocycles. The van der Waals surface area contributed by atoms with Gasteiger partial charge in [-0.3, -0.25) is 0 Å². The highest BCUT2D eigenvalue weighted by atomic mass is 14.9. The third kappa shape index (κ3) is 2.78. The Hall–Kier alpha value is -4.43. The SMILES string of the molecule is c1ccc(-c2ccc3c4ccc(-c5cccc6[nH]cnc56)cc4c4ccccc4c3c2)cc1. The van der Waals surface area contributed by atoms with Gasteiger partial charge in [0.2, 0.25) is 0 Å². The van der Waals surface area contributed by atoms with Crippen molar-refractivity contribution in [3.05, 3.63) is 116 Å². The fraction of sp³-hybridized carbons (Fsp3) is 0. The van der Waals surface area contributed by atoms with Crippen LogP contribution in [0.4, 0.5) is 0 Å². The van der Waals surface area contributed by atoms with Crippen molar-refractivity contribution in [3.8, 4) is 22.3 Å². The minimum absolute atomic E-state index is 1.01. The molecule has 0 atom stereocenters. The monoisotopic (exact) mass is 420 g/mol. The van der Waals surface area contributed by atoms with Gasteiger partial charge in [-0.05, 0) is 67.2 Å². The number of imidazole rings is 1. The topological polar surface area (TPSA) is 28.7 Å². The summed E-state index contributed by atoms with van der Waals surface area (Å²) in [5, 5.41) is 7.69. The number of aromatic amines is 1. The van der Waals surface area contributed by atoms with Crippen molar-refractivity contribution >= 4 is 43.4 Å². The summed E-state index contributed by atoms with van der Waals surface area (Å²) in [6, 6.07) is 39.3. The van der Waals surface area contributed by atoms with Crippen LogP contribution in [0.5, 0.6) is 0 Å². The van der Waals surface area contributed by atoms with Crippen molar-refractivity contribution in [1.29, 1.82) is 0 Å². The molecule has 0 unspecified atom stereocenters. The minimum Gasteiger partial charge on any atom is -0.345 e. The van der Waals surface area contributed by atoms with E-state index in [2.05, 4.69) is 119 Å². The first kappa shape index (κ1) is 18.2. The van der Waals surface area contributed by atoms with Gasteiger partial charge in [0.1, 0.15) is 0 Å². The molecule has 0 aliphatic rings. The molecule has 154 valence electrons. The summed E-state index contributed by atoms with van der Waals surface area (Å²) in [7, 11) is 0. The van der Waals surface area contributed by atoms with Gasteiger partial charge in [0.25, 0.3) is 0 Å². The molecular weight excluding hydrogens is 400 g/mol. The standard InChI is InChI=1S/C31H20N2/c1-2-7-20(8-3-1)21-13-15-26-27-16-14-22(23-11-6-12-30-31(23)33-19-32-30)18-29(27)25-10-5-4-9-24(25)28(26)17-21/h1-19H,(H,32,33). The van der Waals surface area contributed by atoms with Gasteiger partial charge in [-0.25, -0.2) is 4.98 Å². The van der Waals surface area contributed by atoms with Gasteiger partial charge in [0, 0.05) is 5.56 Å². The number of aromatic nitrogens is 2. The lowest BCUT2D eigenvalue weighted by Crippen LogP contribution is -1.87. The third-order valence-electron chi connectivity index (χ3n) is 6.70. The van der Waals surface area contributed by atoms with Crippen LogP contribution in [0, 0.1) is 0 Å². The molecule has 0 fully saturated rings. The molecule has 1 N–H and O–H groups in total. The van der Waals surface area contributed by atoms with E-state index in [-0.39, 0.29) is 0 Å². The summed E-state index contributed by atoms with van der Waals surface area (Å²) in [6.07, 6.45) is 1.77. The molecule has 2 heteroatoms. The molecular formula is C31H20N2. The van der Waals surface area contributed by atoms with Crippen LogP contribution in [0.3, 0.4) is 0 Å². The molecule has 33 heavy (non-hydrogen) atoms. The Labute approximate surface area is 191 Å². The molecule has 0 amide bonds. The van der Waals surface area contributed by atoms with Crippen LogP contribution in [0.2, 0.25) is 0 Å². The molecule has 0 aliphatic heterocycles. The first-order chi connectivity index (χ1) is 16.4. The van der Waals surface area contributed by atoms with Gasteiger partial charge in [0.05, 0.1) is 17.4 Å². The Balaban J connectivity index is 1.55. The number of fused-ring (bicyclic) bond motifs is 7. The molecule has 7 rings (SSSR count). The van der Waals surface area contributed by atoms with E-state index in [1.807, 2.05) is 0 Å². The number of benzene rings is 6. The maximum absolute atomic E-state index is 4.57. The van der Waals surface area contributed by atoms with E-state index in [1.165, 1.54) is 49.0 Å². The molecule has 7 aromatic rings. The fourth-order valence-electron chi connectivity index (χ4n) is 5.13. The van der Waals surface area contributed by atoms with Crippen LogP contribution in [0.1, 0.15) is 0 Å². The summed E-state index contributed by atoms with van der Waals surface area (Å²) >= 11 is 0. The van der Waals surface area contributed by atoms with Crippen LogP contribution in [0.15, 0.2) is 116 Å². The number of hydrogen-bond acceptors (Lipinski definition) is 1. The fourth-order valence-corrected chi connectivity index (χ4v) is 5.13. The molecule has 0 saturated heterocycles. The van der Waals surface area contributed by atoms with Crippen molar-refractivity contribution in [2.75, 3.05) is 0 Å². The number of nitrogens with zero attached hydrogens (tertiary/aromatic N) is 1. The van der Waals surface area contributed by atoms with E-state index in [1.54, 1.807) is 6.33 Å². The van der Waals surface area contributed by atoms with Crippen molar-refractivity contribution in [3.63, 3.8) is 0 Å². The van der Waals surface area contributed by atoms with E-state index in [4.69, 9.17) is 0 Å². The maximum atomic E-state index is 4.57. The average Bonchev–Trinajstić information content (AvgIpc) is 3.38. The summed E-state index contributed by atoms with van der Waals surface area (Å²) in [5.74, 6) is 0. The molecule has 0 radical (unpaired) electrons. The highest BCUT2D eigenvalue weighted by Gasteiger charge is 2.12. The number of hydrogen-bond donors (Lipinski definition) is 1. The van der Waals surface area contributed by atoms with Crippen molar-refractivity contribution < 1.29 is 0 Å². The van der Waals surface area contributed by atoms with Gasteiger partial charge in [0.15, 0.2) is 0 Å². The molecule has 0 saturated carbocycles. The van der Waals surface area contributed by atoms with E-state index in [0.29, 0.717) is 0 Å².